The van der Waals surface area contributed by atoms with E-state index in [1.165, 1.54) is 0 Å². The van der Waals surface area contributed by atoms with E-state index in [2.05, 4.69) is 36.7 Å². The molecule has 1 aromatic carbocycles. The third kappa shape index (κ3) is 3.14. The van der Waals surface area contributed by atoms with Crippen LogP contribution in [0.3, 0.4) is 0 Å². The number of nitrogens with one attached hydrogen (secondary N) is 2. The number of carbonyl (C=O) groups is 1. The highest BCUT2D eigenvalue weighted by Gasteiger charge is 2.24. The lowest BCUT2D eigenvalue weighted by Gasteiger charge is -2.06. The molecule has 1 fully saturated rings. The summed E-state index contributed by atoms with van der Waals surface area (Å²) in [6, 6.07) is 5.74. The second kappa shape index (κ2) is 5.95. The fourth-order valence-electron chi connectivity index (χ4n) is 2.27. The van der Waals surface area contributed by atoms with Crippen LogP contribution in [-0.4, -0.2) is 22.6 Å². The molecule has 2 N–H and O–H groups in total. The van der Waals surface area contributed by atoms with E-state index in [0.29, 0.717) is 5.89 Å². The molecule has 7 heteroatoms. The number of hydrogen-bond acceptors (Lipinski definition) is 5. The second-order valence-corrected chi connectivity index (χ2v) is 5.93. The molecule has 1 unspecified atom stereocenters. The van der Waals surface area contributed by atoms with Crippen LogP contribution < -0.4 is 10.6 Å². The molecule has 1 aliphatic heterocycles. The minimum Gasteiger partial charge on any atom is -0.337 e. The number of benzene rings is 1. The molecule has 21 heavy (non-hydrogen) atoms. The minimum absolute atomic E-state index is 0.0538. The molecule has 3 rings (SSSR count). The van der Waals surface area contributed by atoms with Gasteiger partial charge in [0.2, 0.25) is 5.89 Å². The summed E-state index contributed by atoms with van der Waals surface area (Å²) in [4.78, 5) is 16.4. The predicted octanol–water partition coefficient (Wildman–Crippen LogP) is 2.82. The Morgan fingerprint density at radius 2 is 2.38 bits per heavy atom. The van der Waals surface area contributed by atoms with Crippen molar-refractivity contribution < 1.29 is 9.32 Å². The molecular formula is C14H15BrN4O2. The Morgan fingerprint density at radius 3 is 3.14 bits per heavy atom. The lowest BCUT2D eigenvalue weighted by molar-refractivity contribution is 0.101. The van der Waals surface area contributed by atoms with Crippen LogP contribution in [0.1, 0.15) is 41.0 Å². The van der Waals surface area contributed by atoms with Gasteiger partial charge >= 0.3 is 0 Å². The fourth-order valence-corrected chi connectivity index (χ4v) is 2.63. The van der Waals surface area contributed by atoms with Crippen LogP contribution in [0, 0.1) is 6.92 Å². The van der Waals surface area contributed by atoms with Crippen LogP contribution in [0.25, 0.3) is 0 Å². The van der Waals surface area contributed by atoms with Gasteiger partial charge in [-0.2, -0.15) is 4.98 Å². The third-order valence-electron chi connectivity index (χ3n) is 3.45. The van der Waals surface area contributed by atoms with Crippen LogP contribution in [-0.2, 0) is 0 Å². The first-order chi connectivity index (χ1) is 10.1. The summed E-state index contributed by atoms with van der Waals surface area (Å²) < 4.78 is 6.06. The van der Waals surface area contributed by atoms with Crippen molar-refractivity contribution in [3.05, 3.63) is 40.0 Å². The van der Waals surface area contributed by atoms with Gasteiger partial charge in [-0.3, -0.25) is 4.79 Å². The van der Waals surface area contributed by atoms with Crippen molar-refractivity contribution in [2.24, 2.45) is 0 Å². The Kier molecular flexibility index (Phi) is 4.03. The van der Waals surface area contributed by atoms with Gasteiger partial charge in [0.1, 0.15) is 0 Å². The van der Waals surface area contributed by atoms with Crippen molar-refractivity contribution in [3.8, 4) is 0 Å². The summed E-state index contributed by atoms with van der Waals surface area (Å²) in [5.74, 6) is 0.158. The zero-order chi connectivity index (χ0) is 14.8. The summed E-state index contributed by atoms with van der Waals surface area (Å²) in [6.07, 6.45) is 2.03. The minimum atomic E-state index is -0.371. The molecule has 0 bridgehead atoms. The molecule has 1 saturated heterocycles. The van der Waals surface area contributed by atoms with Gasteiger partial charge in [-0.15, -0.1) is 0 Å². The lowest BCUT2D eigenvalue weighted by Crippen LogP contribution is -2.16. The van der Waals surface area contributed by atoms with Gasteiger partial charge in [-0.05, 0) is 44.0 Å². The van der Waals surface area contributed by atoms with E-state index in [1.54, 1.807) is 0 Å². The largest absolute Gasteiger partial charge is 0.337 e. The summed E-state index contributed by atoms with van der Waals surface area (Å²) in [7, 11) is 0. The molecule has 1 atom stereocenters. The zero-order valence-electron chi connectivity index (χ0n) is 11.5. The van der Waals surface area contributed by atoms with E-state index in [0.717, 1.165) is 35.1 Å². The predicted molar refractivity (Wildman–Crippen MR) is 81.1 cm³/mol. The van der Waals surface area contributed by atoms with Crippen molar-refractivity contribution in [3.63, 3.8) is 0 Å². The maximum atomic E-state index is 12.2. The monoisotopic (exact) mass is 350 g/mol. The number of hydrogen-bond donors (Lipinski definition) is 2. The summed E-state index contributed by atoms with van der Waals surface area (Å²) >= 11 is 3.38. The van der Waals surface area contributed by atoms with Crippen LogP contribution in [0.5, 0.6) is 0 Å². The van der Waals surface area contributed by atoms with Crippen molar-refractivity contribution in [2.75, 3.05) is 11.9 Å². The highest BCUT2D eigenvalue weighted by molar-refractivity contribution is 9.10. The maximum absolute atomic E-state index is 12.2. The van der Waals surface area contributed by atoms with Crippen molar-refractivity contribution in [2.45, 2.75) is 25.8 Å². The van der Waals surface area contributed by atoms with E-state index in [-0.39, 0.29) is 17.8 Å². The number of amides is 1. The number of rotatable bonds is 3. The number of nitrogens with zero attached hydrogens (tertiary/aromatic N) is 2. The number of anilines is 1. The Labute approximate surface area is 130 Å². The van der Waals surface area contributed by atoms with E-state index in [4.69, 9.17) is 4.52 Å². The Morgan fingerprint density at radius 1 is 1.52 bits per heavy atom. The third-order valence-corrected chi connectivity index (χ3v) is 3.94. The highest BCUT2D eigenvalue weighted by Crippen LogP contribution is 2.23. The highest BCUT2D eigenvalue weighted by atomic mass is 79.9. The SMILES string of the molecule is Cc1ccc(Br)cc1NC(=O)c1noc(C2CCCN2)n1. The molecule has 2 heterocycles. The number of carbonyl (C=O) groups excluding carboxylic acids is 1. The van der Waals surface area contributed by atoms with Crippen LogP contribution in [0.4, 0.5) is 5.69 Å². The number of aromatic nitrogens is 2. The normalized spacial score (nSPS) is 17.9. The summed E-state index contributed by atoms with van der Waals surface area (Å²) in [5, 5.41) is 9.81. The Bertz CT molecular complexity index is 665. The van der Waals surface area contributed by atoms with Gasteiger partial charge in [0.15, 0.2) is 0 Å². The van der Waals surface area contributed by atoms with E-state index in [1.807, 2.05) is 25.1 Å². The standard InChI is InChI=1S/C14H15BrN4O2/c1-8-4-5-9(15)7-11(8)17-13(20)12-18-14(21-19-12)10-3-2-6-16-10/h4-5,7,10,16H,2-3,6H2,1H3,(H,17,20). The van der Waals surface area contributed by atoms with Crippen molar-refractivity contribution in [1.82, 2.24) is 15.5 Å². The molecule has 0 saturated carbocycles. The van der Waals surface area contributed by atoms with Gasteiger partial charge in [0, 0.05) is 10.2 Å². The molecule has 0 aliphatic carbocycles. The van der Waals surface area contributed by atoms with Crippen LogP contribution in [0.15, 0.2) is 27.2 Å². The first-order valence-corrected chi connectivity index (χ1v) is 7.57. The van der Waals surface area contributed by atoms with E-state index < -0.39 is 0 Å². The summed E-state index contributed by atoms with van der Waals surface area (Å²) in [5.41, 5.74) is 1.69. The summed E-state index contributed by atoms with van der Waals surface area (Å²) in [6.45, 7) is 2.86. The quantitative estimate of drug-likeness (QED) is 0.889. The van der Waals surface area contributed by atoms with Crippen LogP contribution in [0.2, 0.25) is 0 Å². The average molecular weight is 351 g/mol. The first kappa shape index (κ1) is 14.2. The molecule has 6 nitrogen and oxygen atoms in total. The molecule has 1 aromatic heterocycles. The smallest absolute Gasteiger partial charge is 0.297 e. The van der Waals surface area contributed by atoms with Gasteiger partial charge in [0.25, 0.3) is 11.7 Å². The average Bonchev–Trinajstić information content (AvgIpc) is 3.12. The van der Waals surface area contributed by atoms with E-state index >= 15 is 0 Å². The maximum Gasteiger partial charge on any atom is 0.297 e. The van der Waals surface area contributed by atoms with Crippen molar-refractivity contribution >= 4 is 27.5 Å². The topological polar surface area (TPSA) is 80.0 Å². The molecule has 110 valence electrons. The molecule has 0 radical (unpaired) electrons. The van der Waals surface area contributed by atoms with Gasteiger partial charge in [-0.25, -0.2) is 0 Å². The molecule has 0 spiro atoms. The van der Waals surface area contributed by atoms with Crippen molar-refractivity contribution in [1.29, 1.82) is 0 Å². The number of halogens is 1. The fraction of sp³-hybridized carbons (Fsp3) is 0.357. The molecule has 2 aromatic rings. The Balaban J connectivity index is 1.74. The Hall–Kier alpha value is -1.73. The zero-order valence-corrected chi connectivity index (χ0v) is 13.1. The first-order valence-electron chi connectivity index (χ1n) is 6.78. The molecular weight excluding hydrogens is 336 g/mol. The van der Waals surface area contributed by atoms with Gasteiger partial charge < -0.3 is 15.2 Å². The van der Waals surface area contributed by atoms with Gasteiger partial charge in [-0.1, -0.05) is 27.2 Å². The second-order valence-electron chi connectivity index (χ2n) is 5.02. The van der Waals surface area contributed by atoms with Gasteiger partial charge in [0.05, 0.1) is 6.04 Å². The molecule has 1 aliphatic rings. The molecule has 1 amide bonds. The lowest BCUT2D eigenvalue weighted by atomic mass is 10.2. The number of aryl methyl sites for hydroxylation is 1. The van der Waals surface area contributed by atoms with Crippen LogP contribution >= 0.6 is 15.9 Å². The van der Waals surface area contributed by atoms with E-state index in [9.17, 15) is 4.79 Å².